The molecule has 1 aliphatic heterocycles. The van der Waals surface area contributed by atoms with Crippen molar-refractivity contribution in [3.05, 3.63) is 29.3 Å². The average Bonchev–Trinajstić information content (AvgIpc) is 3.10. The fourth-order valence-corrected chi connectivity index (χ4v) is 3.87. The summed E-state index contributed by atoms with van der Waals surface area (Å²) in [6, 6.07) is 8.74. The second-order valence-electron chi connectivity index (χ2n) is 5.70. The number of para-hydroxylation sites is 1. The summed E-state index contributed by atoms with van der Waals surface area (Å²) in [6.45, 7) is 9.27. The fraction of sp³-hybridized carbons (Fsp3) is 0.562. The molecule has 3 nitrogen and oxygen atoms in total. The molecule has 108 valence electrons. The number of fused-ring (bicyclic) bond motifs is 1. The molecule has 0 spiro atoms. The molecular weight excluding hydrogens is 266 g/mol. The lowest BCUT2D eigenvalue weighted by Crippen LogP contribution is -2.28. The van der Waals surface area contributed by atoms with Crippen molar-refractivity contribution in [3.63, 3.8) is 0 Å². The molecule has 0 saturated carbocycles. The highest BCUT2D eigenvalue weighted by Crippen LogP contribution is 2.26. The Morgan fingerprint density at radius 2 is 2.30 bits per heavy atom. The summed E-state index contributed by atoms with van der Waals surface area (Å²) in [5.41, 5.74) is 1.12. The van der Waals surface area contributed by atoms with Crippen molar-refractivity contribution in [2.45, 2.75) is 26.3 Å². The monoisotopic (exact) mass is 289 g/mol. The van der Waals surface area contributed by atoms with Crippen molar-refractivity contribution in [1.82, 2.24) is 15.2 Å². The van der Waals surface area contributed by atoms with E-state index in [1.54, 1.807) is 0 Å². The quantitative estimate of drug-likeness (QED) is 0.915. The van der Waals surface area contributed by atoms with E-state index >= 15 is 0 Å². The van der Waals surface area contributed by atoms with Gasteiger partial charge >= 0.3 is 0 Å². The van der Waals surface area contributed by atoms with Crippen LogP contribution in [0.25, 0.3) is 10.2 Å². The highest BCUT2D eigenvalue weighted by Gasteiger charge is 2.21. The van der Waals surface area contributed by atoms with Crippen LogP contribution in [-0.2, 0) is 0 Å². The molecule has 2 unspecified atom stereocenters. The molecule has 0 aliphatic carbocycles. The van der Waals surface area contributed by atoms with Gasteiger partial charge in [0.05, 0.1) is 16.3 Å². The number of nitrogens with one attached hydrogen (secondary N) is 1. The van der Waals surface area contributed by atoms with E-state index in [0.717, 1.165) is 18.0 Å². The summed E-state index contributed by atoms with van der Waals surface area (Å²) >= 11 is 1.81. The fourth-order valence-electron chi connectivity index (χ4n) is 2.87. The smallest absolute Gasteiger partial charge is 0.111 e. The van der Waals surface area contributed by atoms with Crippen LogP contribution < -0.4 is 5.32 Å². The highest BCUT2D eigenvalue weighted by molar-refractivity contribution is 7.18. The van der Waals surface area contributed by atoms with Crippen LogP contribution in [0, 0.1) is 5.92 Å². The van der Waals surface area contributed by atoms with Gasteiger partial charge in [-0.15, -0.1) is 11.3 Å². The van der Waals surface area contributed by atoms with Crippen LogP contribution in [0.1, 0.15) is 31.3 Å². The van der Waals surface area contributed by atoms with Crippen molar-refractivity contribution in [2.24, 2.45) is 5.92 Å². The molecule has 4 heteroatoms. The zero-order valence-electron chi connectivity index (χ0n) is 12.3. The number of thiazole rings is 1. The topological polar surface area (TPSA) is 28.2 Å². The number of hydrogen-bond donors (Lipinski definition) is 1. The predicted molar refractivity (Wildman–Crippen MR) is 86.3 cm³/mol. The molecular formula is C16H23N3S. The van der Waals surface area contributed by atoms with Gasteiger partial charge in [0.25, 0.3) is 0 Å². The van der Waals surface area contributed by atoms with Crippen LogP contribution in [-0.4, -0.2) is 36.1 Å². The Labute approximate surface area is 125 Å². The van der Waals surface area contributed by atoms with E-state index in [1.165, 1.54) is 35.8 Å². The zero-order valence-corrected chi connectivity index (χ0v) is 13.1. The van der Waals surface area contributed by atoms with Gasteiger partial charge in [-0.3, -0.25) is 0 Å². The first-order valence-electron chi connectivity index (χ1n) is 7.57. The second kappa shape index (κ2) is 6.20. The Morgan fingerprint density at radius 3 is 3.05 bits per heavy atom. The number of hydrogen-bond acceptors (Lipinski definition) is 4. The molecule has 2 heterocycles. The van der Waals surface area contributed by atoms with E-state index in [1.807, 2.05) is 11.3 Å². The molecule has 0 amide bonds. The molecule has 2 aromatic rings. The summed E-state index contributed by atoms with van der Waals surface area (Å²) in [5.74, 6) is 0.798. The van der Waals surface area contributed by atoms with Crippen LogP contribution in [0.4, 0.5) is 0 Å². The summed E-state index contributed by atoms with van der Waals surface area (Å²) in [5, 5.41) is 4.87. The molecule has 1 N–H and O–H groups in total. The van der Waals surface area contributed by atoms with Gasteiger partial charge in [0, 0.05) is 6.54 Å². The van der Waals surface area contributed by atoms with E-state index in [4.69, 9.17) is 4.98 Å². The van der Waals surface area contributed by atoms with Crippen LogP contribution >= 0.6 is 11.3 Å². The minimum absolute atomic E-state index is 0.350. The third-order valence-electron chi connectivity index (χ3n) is 4.21. The van der Waals surface area contributed by atoms with Crippen LogP contribution in [0.15, 0.2) is 24.3 Å². The first kappa shape index (κ1) is 14.0. The lowest BCUT2D eigenvalue weighted by molar-refractivity contribution is 0.336. The van der Waals surface area contributed by atoms with E-state index in [0.29, 0.717) is 6.04 Å². The van der Waals surface area contributed by atoms with E-state index in [9.17, 15) is 0 Å². The molecule has 1 aromatic carbocycles. The minimum atomic E-state index is 0.350. The molecule has 2 atom stereocenters. The number of benzene rings is 1. The molecule has 1 aliphatic rings. The van der Waals surface area contributed by atoms with E-state index in [2.05, 4.69) is 48.3 Å². The molecule has 1 saturated heterocycles. The lowest BCUT2D eigenvalue weighted by Gasteiger charge is -2.16. The van der Waals surface area contributed by atoms with Gasteiger partial charge in [0.15, 0.2) is 0 Å². The number of likely N-dealkylation sites (tertiary alicyclic amines) is 1. The van der Waals surface area contributed by atoms with Gasteiger partial charge in [0.1, 0.15) is 5.01 Å². The summed E-state index contributed by atoms with van der Waals surface area (Å²) < 4.78 is 1.29. The van der Waals surface area contributed by atoms with Crippen LogP contribution in [0.3, 0.4) is 0 Å². The lowest BCUT2D eigenvalue weighted by atomic mass is 10.1. The van der Waals surface area contributed by atoms with Gasteiger partial charge < -0.3 is 10.2 Å². The standard InChI is InChI=1S/C16H23N3S/c1-3-19-9-8-13(11-19)10-17-12(2)16-18-14-6-4-5-7-15(14)20-16/h4-7,12-13,17H,3,8-11H2,1-2H3. The summed E-state index contributed by atoms with van der Waals surface area (Å²) in [6.07, 6.45) is 1.33. The predicted octanol–water partition coefficient (Wildman–Crippen LogP) is 3.29. The molecule has 0 radical (unpaired) electrons. The van der Waals surface area contributed by atoms with Gasteiger partial charge in [-0.2, -0.15) is 0 Å². The van der Waals surface area contributed by atoms with Crippen molar-refractivity contribution >= 4 is 21.6 Å². The Hall–Kier alpha value is -0.970. The third kappa shape index (κ3) is 3.03. The third-order valence-corrected chi connectivity index (χ3v) is 5.43. The summed E-state index contributed by atoms with van der Waals surface area (Å²) in [7, 11) is 0. The number of rotatable bonds is 5. The normalized spacial score (nSPS) is 21.6. The zero-order chi connectivity index (χ0) is 13.9. The Kier molecular flexibility index (Phi) is 4.34. The van der Waals surface area contributed by atoms with Crippen LogP contribution in [0.2, 0.25) is 0 Å². The number of nitrogens with zero attached hydrogens (tertiary/aromatic N) is 2. The van der Waals surface area contributed by atoms with Gasteiger partial charge in [-0.25, -0.2) is 4.98 Å². The largest absolute Gasteiger partial charge is 0.308 e. The Balaban J connectivity index is 1.57. The van der Waals surface area contributed by atoms with Gasteiger partial charge in [-0.1, -0.05) is 19.1 Å². The molecule has 3 rings (SSSR count). The SMILES string of the molecule is CCN1CCC(CNC(C)c2nc3ccccc3s2)C1. The maximum Gasteiger partial charge on any atom is 0.111 e. The second-order valence-corrected chi connectivity index (χ2v) is 6.76. The van der Waals surface area contributed by atoms with Crippen molar-refractivity contribution in [2.75, 3.05) is 26.2 Å². The molecule has 1 aromatic heterocycles. The van der Waals surface area contributed by atoms with E-state index < -0.39 is 0 Å². The highest BCUT2D eigenvalue weighted by atomic mass is 32.1. The van der Waals surface area contributed by atoms with Crippen molar-refractivity contribution < 1.29 is 0 Å². The molecule has 20 heavy (non-hydrogen) atoms. The average molecular weight is 289 g/mol. The molecule has 0 bridgehead atoms. The first-order chi connectivity index (χ1) is 9.76. The van der Waals surface area contributed by atoms with Crippen molar-refractivity contribution in [1.29, 1.82) is 0 Å². The Morgan fingerprint density at radius 1 is 1.45 bits per heavy atom. The molecule has 1 fully saturated rings. The Bertz CT molecular complexity index is 533. The van der Waals surface area contributed by atoms with Gasteiger partial charge in [0.2, 0.25) is 0 Å². The number of aromatic nitrogens is 1. The maximum absolute atomic E-state index is 4.73. The first-order valence-corrected chi connectivity index (χ1v) is 8.39. The maximum atomic E-state index is 4.73. The minimum Gasteiger partial charge on any atom is -0.308 e. The van der Waals surface area contributed by atoms with Crippen LogP contribution in [0.5, 0.6) is 0 Å². The van der Waals surface area contributed by atoms with E-state index in [-0.39, 0.29) is 0 Å². The van der Waals surface area contributed by atoms with Crippen molar-refractivity contribution in [3.8, 4) is 0 Å². The summed E-state index contributed by atoms with van der Waals surface area (Å²) in [4.78, 5) is 7.27. The van der Waals surface area contributed by atoms with Gasteiger partial charge in [-0.05, 0) is 51.0 Å².